The van der Waals surface area contributed by atoms with Gasteiger partial charge in [0.05, 0.1) is 6.33 Å². The van der Waals surface area contributed by atoms with Crippen LogP contribution in [0.3, 0.4) is 0 Å². The highest BCUT2D eigenvalue weighted by Crippen LogP contribution is 2.10. The lowest BCUT2D eigenvalue weighted by Crippen LogP contribution is -2.32. The van der Waals surface area contributed by atoms with Gasteiger partial charge in [-0.15, -0.1) is 0 Å². The number of amides is 1. The number of nitrogens with zero attached hydrogens (tertiary/aromatic N) is 2. The maximum absolute atomic E-state index is 12.2. The molecule has 0 aliphatic heterocycles. The van der Waals surface area contributed by atoms with Crippen molar-refractivity contribution in [1.29, 1.82) is 0 Å². The predicted octanol–water partition coefficient (Wildman–Crippen LogP) is 3.57. The molecule has 1 amide bonds. The van der Waals surface area contributed by atoms with E-state index in [-0.39, 0.29) is 11.9 Å². The lowest BCUT2D eigenvalue weighted by atomic mass is 10.1. The highest BCUT2D eigenvalue weighted by molar-refractivity contribution is 5.94. The second-order valence-electron chi connectivity index (χ2n) is 5.39. The van der Waals surface area contributed by atoms with Crippen molar-refractivity contribution in [2.45, 2.75) is 45.6 Å². The molecular weight excluding hydrogens is 262 g/mol. The number of hydrogen-bond acceptors (Lipinski definition) is 2. The van der Waals surface area contributed by atoms with Crippen LogP contribution in [0.25, 0.3) is 5.69 Å². The fraction of sp³-hybridized carbons (Fsp3) is 0.412. The van der Waals surface area contributed by atoms with Gasteiger partial charge in [0.25, 0.3) is 5.91 Å². The molecule has 0 bridgehead atoms. The summed E-state index contributed by atoms with van der Waals surface area (Å²) < 4.78 is 1.91. The number of aromatic nitrogens is 2. The molecule has 0 aliphatic carbocycles. The number of imidazole rings is 1. The van der Waals surface area contributed by atoms with Crippen molar-refractivity contribution in [3.05, 3.63) is 48.5 Å². The molecule has 0 spiro atoms. The monoisotopic (exact) mass is 285 g/mol. The summed E-state index contributed by atoms with van der Waals surface area (Å²) in [5, 5.41) is 3.05. The first-order valence-corrected chi connectivity index (χ1v) is 7.60. The molecule has 0 aliphatic rings. The van der Waals surface area contributed by atoms with E-state index in [4.69, 9.17) is 0 Å². The molecule has 1 atom stereocenters. The quantitative estimate of drug-likeness (QED) is 0.790. The van der Waals surface area contributed by atoms with Crippen molar-refractivity contribution >= 4 is 5.91 Å². The van der Waals surface area contributed by atoms with Crippen molar-refractivity contribution in [2.24, 2.45) is 0 Å². The average molecular weight is 285 g/mol. The number of carbonyl (C=O) groups is 1. The van der Waals surface area contributed by atoms with Gasteiger partial charge in [0, 0.05) is 29.7 Å². The van der Waals surface area contributed by atoms with E-state index in [2.05, 4.69) is 24.1 Å². The Labute approximate surface area is 126 Å². The molecule has 21 heavy (non-hydrogen) atoms. The molecule has 1 aromatic heterocycles. The van der Waals surface area contributed by atoms with Crippen LogP contribution in [0.15, 0.2) is 43.0 Å². The van der Waals surface area contributed by atoms with E-state index in [0.29, 0.717) is 5.56 Å². The third kappa shape index (κ3) is 4.45. The zero-order valence-electron chi connectivity index (χ0n) is 12.7. The summed E-state index contributed by atoms with van der Waals surface area (Å²) in [7, 11) is 0. The molecule has 0 radical (unpaired) electrons. The van der Waals surface area contributed by atoms with Gasteiger partial charge >= 0.3 is 0 Å². The number of nitrogens with one attached hydrogen (secondary N) is 1. The summed E-state index contributed by atoms with van der Waals surface area (Å²) >= 11 is 0. The first-order chi connectivity index (χ1) is 10.2. The van der Waals surface area contributed by atoms with Gasteiger partial charge in [0.15, 0.2) is 0 Å². The smallest absolute Gasteiger partial charge is 0.251 e. The summed E-state index contributed by atoms with van der Waals surface area (Å²) in [6.07, 6.45) is 9.98. The molecule has 1 aromatic carbocycles. The topological polar surface area (TPSA) is 46.9 Å². The number of unbranched alkanes of at least 4 members (excludes halogenated alkanes) is 2. The lowest BCUT2D eigenvalue weighted by Gasteiger charge is -2.14. The molecule has 1 N–H and O–H groups in total. The fourth-order valence-electron chi connectivity index (χ4n) is 2.28. The Hall–Kier alpha value is -2.10. The van der Waals surface area contributed by atoms with E-state index in [1.165, 1.54) is 12.8 Å². The van der Waals surface area contributed by atoms with Gasteiger partial charge in [0.1, 0.15) is 0 Å². The Bertz CT molecular complexity index is 546. The third-order valence-electron chi connectivity index (χ3n) is 3.55. The summed E-state index contributed by atoms with van der Waals surface area (Å²) in [5.41, 5.74) is 1.70. The number of benzene rings is 1. The lowest BCUT2D eigenvalue weighted by molar-refractivity contribution is 0.0938. The summed E-state index contributed by atoms with van der Waals surface area (Å²) in [6, 6.07) is 7.78. The molecule has 4 heteroatoms. The van der Waals surface area contributed by atoms with Crippen LogP contribution in [0.1, 0.15) is 49.9 Å². The van der Waals surface area contributed by atoms with Crippen molar-refractivity contribution in [2.75, 3.05) is 0 Å². The molecule has 2 aromatic rings. The maximum atomic E-state index is 12.2. The van der Waals surface area contributed by atoms with Crippen LogP contribution in [0, 0.1) is 0 Å². The fourth-order valence-corrected chi connectivity index (χ4v) is 2.28. The molecule has 2 rings (SSSR count). The summed E-state index contributed by atoms with van der Waals surface area (Å²) in [6.45, 7) is 4.25. The van der Waals surface area contributed by atoms with Gasteiger partial charge in [-0.2, -0.15) is 0 Å². The van der Waals surface area contributed by atoms with Crippen molar-refractivity contribution in [3.63, 3.8) is 0 Å². The van der Waals surface area contributed by atoms with Gasteiger partial charge in [-0.25, -0.2) is 4.98 Å². The van der Waals surface area contributed by atoms with E-state index in [1.54, 1.807) is 12.5 Å². The Morgan fingerprint density at radius 1 is 1.29 bits per heavy atom. The van der Waals surface area contributed by atoms with Crippen LogP contribution in [-0.2, 0) is 0 Å². The molecule has 112 valence electrons. The van der Waals surface area contributed by atoms with Crippen molar-refractivity contribution < 1.29 is 4.79 Å². The van der Waals surface area contributed by atoms with Gasteiger partial charge < -0.3 is 9.88 Å². The molecule has 1 unspecified atom stereocenters. The largest absolute Gasteiger partial charge is 0.350 e. The van der Waals surface area contributed by atoms with E-state index in [9.17, 15) is 4.79 Å². The van der Waals surface area contributed by atoms with E-state index in [1.807, 2.05) is 35.0 Å². The molecule has 0 saturated heterocycles. The van der Waals surface area contributed by atoms with Crippen LogP contribution in [0.4, 0.5) is 0 Å². The van der Waals surface area contributed by atoms with Gasteiger partial charge in [-0.3, -0.25) is 4.79 Å². The minimum absolute atomic E-state index is 0.00354. The zero-order valence-corrected chi connectivity index (χ0v) is 12.7. The Kier molecular flexibility index (Phi) is 5.55. The van der Waals surface area contributed by atoms with Gasteiger partial charge in [-0.05, 0) is 37.6 Å². The van der Waals surface area contributed by atoms with Crippen LogP contribution < -0.4 is 5.32 Å². The first-order valence-electron chi connectivity index (χ1n) is 7.60. The number of carbonyl (C=O) groups excluding carboxylic acids is 1. The SMILES string of the molecule is CCCCCC(C)NC(=O)c1ccc(-n2ccnc2)cc1. The highest BCUT2D eigenvalue weighted by Gasteiger charge is 2.09. The van der Waals surface area contributed by atoms with E-state index < -0.39 is 0 Å². The second kappa shape index (κ2) is 7.62. The minimum Gasteiger partial charge on any atom is -0.350 e. The Morgan fingerprint density at radius 3 is 2.67 bits per heavy atom. The molecular formula is C17H23N3O. The zero-order chi connectivity index (χ0) is 15.1. The Morgan fingerprint density at radius 2 is 2.05 bits per heavy atom. The maximum Gasteiger partial charge on any atom is 0.251 e. The second-order valence-corrected chi connectivity index (χ2v) is 5.39. The van der Waals surface area contributed by atoms with Crippen LogP contribution in [0.2, 0.25) is 0 Å². The standard InChI is InChI=1S/C17H23N3O/c1-3-4-5-6-14(2)19-17(21)15-7-9-16(10-8-15)20-12-11-18-13-20/h7-14H,3-6H2,1-2H3,(H,19,21). The van der Waals surface area contributed by atoms with E-state index >= 15 is 0 Å². The molecule has 1 heterocycles. The van der Waals surface area contributed by atoms with Crippen molar-refractivity contribution in [3.8, 4) is 5.69 Å². The van der Waals surface area contributed by atoms with Crippen LogP contribution in [0.5, 0.6) is 0 Å². The summed E-state index contributed by atoms with van der Waals surface area (Å²) in [5.74, 6) is -0.00354. The normalized spacial score (nSPS) is 12.1. The number of hydrogen-bond donors (Lipinski definition) is 1. The molecule has 0 fully saturated rings. The van der Waals surface area contributed by atoms with Crippen molar-refractivity contribution in [1.82, 2.24) is 14.9 Å². The third-order valence-corrected chi connectivity index (χ3v) is 3.55. The molecule has 0 saturated carbocycles. The first kappa shape index (κ1) is 15.3. The summed E-state index contributed by atoms with van der Waals surface area (Å²) in [4.78, 5) is 16.2. The average Bonchev–Trinajstić information content (AvgIpc) is 3.02. The van der Waals surface area contributed by atoms with Crippen LogP contribution in [-0.4, -0.2) is 21.5 Å². The Balaban J connectivity index is 1.91. The van der Waals surface area contributed by atoms with Crippen LogP contribution >= 0.6 is 0 Å². The van der Waals surface area contributed by atoms with E-state index in [0.717, 1.165) is 18.5 Å². The predicted molar refractivity (Wildman–Crippen MR) is 84.6 cm³/mol. The highest BCUT2D eigenvalue weighted by atomic mass is 16.1. The van der Waals surface area contributed by atoms with Gasteiger partial charge in [-0.1, -0.05) is 26.2 Å². The molecule has 4 nitrogen and oxygen atoms in total. The minimum atomic E-state index is -0.00354. The number of rotatable bonds is 7. The van der Waals surface area contributed by atoms with Gasteiger partial charge in [0.2, 0.25) is 0 Å².